The van der Waals surface area contributed by atoms with E-state index >= 15 is 0 Å². The summed E-state index contributed by atoms with van der Waals surface area (Å²) in [5.41, 5.74) is 1.80. The third-order valence-electron chi connectivity index (χ3n) is 4.56. The first-order chi connectivity index (χ1) is 13.2. The predicted octanol–water partition coefficient (Wildman–Crippen LogP) is 2.35. The molecule has 0 unspecified atom stereocenters. The van der Waals surface area contributed by atoms with Gasteiger partial charge in [-0.2, -0.15) is 0 Å². The number of alkyl halides is 1. The molecule has 1 aliphatic rings. The number of rotatable bonds is 5. The SMILES string of the molecule is COc1ccccc1C(=O)N1C[C@@H](F)[C@@H](OCc2nc3ncccc3[nH]2)C1. The quantitative estimate of drug-likeness (QED) is 0.746. The van der Waals surface area contributed by atoms with Gasteiger partial charge >= 0.3 is 0 Å². The molecule has 3 heterocycles. The molecule has 140 valence electrons. The number of imidazole rings is 1. The van der Waals surface area contributed by atoms with Gasteiger partial charge < -0.3 is 19.4 Å². The van der Waals surface area contributed by atoms with E-state index in [-0.39, 0.29) is 25.6 Å². The van der Waals surface area contributed by atoms with Gasteiger partial charge in [0.25, 0.3) is 5.91 Å². The number of carbonyl (C=O) groups excluding carboxylic acids is 1. The Morgan fingerprint density at radius 3 is 2.96 bits per heavy atom. The van der Waals surface area contributed by atoms with Gasteiger partial charge in [-0.05, 0) is 24.3 Å². The summed E-state index contributed by atoms with van der Waals surface area (Å²) in [5, 5.41) is 0. The molecule has 27 heavy (non-hydrogen) atoms. The lowest BCUT2D eigenvalue weighted by molar-refractivity contribution is 0.00886. The number of hydrogen-bond acceptors (Lipinski definition) is 5. The van der Waals surface area contributed by atoms with Crippen LogP contribution in [0.25, 0.3) is 11.2 Å². The number of nitrogens with one attached hydrogen (secondary N) is 1. The Morgan fingerprint density at radius 1 is 1.30 bits per heavy atom. The molecule has 2 aromatic heterocycles. The molecular formula is C19H19FN4O3. The van der Waals surface area contributed by atoms with Crippen LogP contribution in [0.15, 0.2) is 42.6 Å². The van der Waals surface area contributed by atoms with Gasteiger partial charge in [0.05, 0.1) is 31.3 Å². The fourth-order valence-corrected chi connectivity index (χ4v) is 3.20. The molecule has 4 rings (SSSR count). The molecule has 1 saturated heterocycles. The van der Waals surface area contributed by atoms with Crippen molar-refractivity contribution in [3.8, 4) is 5.75 Å². The average molecular weight is 370 g/mol. The first-order valence-electron chi connectivity index (χ1n) is 8.63. The lowest BCUT2D eigenvalue weighted by Gasteiger charge is -2.17. The molecule has 0 saturated carbocycles. The number of nitrogens with zero attached hydrogens (tertiary/aromatic N) is 3. The summed E-state index contributed by atoms with van der Waals surface area (Å²) in [6.07, 6.45) is -0.306. The van der Waals surface area contributed by atoms with E-state index in [1.54, 1.807) is 36.5 Å². The molecule has 2 atom stereocenters. The van der Waals surface area contributed by atoms with E-state index in [9.17, 15) is 9.18 Å². The predicted molar refractivity (Wildman–Crippen MR) is 96.3 cm³/mol. The van der Waals surface area contributed by atoms with Crippen molar-refractivity contribution in [1.29, 1.82) is 0 Å². The van der Waals surface area contributed by atoms with Crippen LogP contribution in [0, 0.1) is 0 Å². The highest BCUT2D eigenvalue weighted by Gasteiger charge is 2.37. The van der Waals surface area contributed by atoms with E-state index in [0.717, 1.165) is 5.52 Å². The number of aromatic nitrogens is 3. The maximum Gasteiger partial charge on any atom is 0.257 e. The largest absolute Gasteiger partial charge is 0.496 e. The van der Waals surface area contributed by atoms with Crippen LogP contribution in [0.5, 0.6) is 5.75 Å². The van der Waals surface area contributed by atoms with Crippen molar-refractivity contribution < 1.29 is 18.7 Å². The third kappa shape index (κ3) is 3.48. The van der Waals surface area contributed by atoms with Crippen molar-refractivity contribution in [3.05, 3.63) is 54.0 Å². The average Bonchev–Trinajstić information content (AvgIpc) is 3.28. The van der Waals surface area contributed by atoms with Crippen molar-refractivity contribution in [2.45, 2.75) is 18.9 Å². The molecule has 1 aliphatic heterocycles. The van der Waals surface area contributed by atoms with Crippen LogP contribution in [0.2, 0.25) is 0 Å². The highest BCUT2D eigenvalue weighted by molar-refractivity contribution is 5.97. The fourth-order valence-electron chi connectivity index (χ4n) is 3.20. The molecule has 0 spiro atoms. The molecular weight excluding hydrogens is 351 g/mol. The zero-order valence-corrected chi connectivity index (χ0v) is 14.8. The van der Waals surface area contributed by atoms with E-state index in [0.29, 0.717) is 22.8 Å². The van der Waals surface area contributed by atoms with E-state index < -0.39 is 12.3 Å². The summed E-state index contributed by atoms with van der Waals surface area (Å²) in [4.78, 5) is 25.7. The number of ether oxygens (including phenoxy) is 2. The van der Waals surface area contributed by atoms with Gasteiger partial charge in [-0.15, -0.1) is 0 Å². The summed E-state index contributed by atoms with van der Waals surface area (Å²) in [7, 11) is 1.50. The van der Waals surface area contributed by atoms with Gasteiger partial charge in [-0.3, -0.25) is 4.79 Å². The second-order valence-electron chi connectivity index (χ2n) is 6.33. The molecule has 1 fully saturated rings. The Labute approximate surface area is 155 Å². The van der Waals surface area contributed by atoms with E-state index in [1.807, 2.05) is 6.07 Å². The number of hydrogen-bond donors (Lipinski definition) is 1. The molecule has 0 aliphatic carbocycles. The number of carbonyl (C=O) groups is 1. The molecule has 1 N–H and O–H groups in total. The van der Waals surface area contributed by atoms with Gasteiger partial charge in [-0.1, -0.05) is 12.1 Å². The van der Waals surface area contributed by atoms with Gasteiger partial charge in [0, 0.05) is 6.20 Å². The zero-order valence-electron chi connectivity index (χ0n) is 14.8. The molecule has 3 aromatic rings. The number of amides is 1. The van der Waals surface area contributed by atoms with Crippen LogP contribution in [0.4, 0.5) is 4.39 Å². The Hall–Kier alpha value is -3.00. The lowest BCUT2D eigenvalue weighted by atomic mass is 10.2. The number of benzene rings is 1. The third-order valence-corrected chi connectivity index (χ3v) is 4.56. The number of H-pyrrole nitrogens is 1. The monoisotopic (exact) mass is 370 g/mol. The van der Waals surface area contributed by atoms with E-state index in [4.69, 9.17) is 9.47 Å². The van der Waals surface area contributed by atoms with Crippen LogP contribution < -0.4 is 4.74 Å². The fraction of sp³-hybridized carbons (Fsp3) is 0.316. The first-order valence-corrected chi connectivity index (χ1v) is 8.63. The second-order valence-corrected chi connectivity index (χ2v) is 6.33. The number of para-hydroxylation sites is 1. The van der Waals surface area contributed by atoms with Crippen molar-refractivity contribution in [2.24, 2.45) is 0 Å². The van der Waals surface area contributed by atoms with Crippen molar-refractivity contribution in [2.75, 3.05) is 20.2 Å². The van der Waals surface area contributed by atoms with E-state index in [2.05, 4.69) is 15.0 Å². The van der Waals surface area contributed by atoms with Gasteiger partial charge in [0.1, 0.15) is 30.5 Å². The summed E-state index contributed by atoms with van der Waals surface area (Å²) >= 11 is 0. The van der Waals surface area contributed by atoms with Crippen molar-refractivity contribution in [3.63, 3.8) is 0 Å². The molecule has 7 nitrogen and oxygen atoms in total. The summed E-state index contributed by atoms with van der Waals surface area (Å²) < 4.78 is 25.3. The topological polar surface area (TPSA) is 80.3 Å². The minimum Gasteiger partial charge on any atom is -0.496 e. The van der Waals surface area contributed by atoms with Crippen LogP contribution in [0.1, 0.15) is 16.2 Å². The maximum absolute atomic E-state index is 14.4. The van der Waals surface area contributed by atoms with Gasteiger partial charge in [-0.25, -0.2) is 14.4 Å². The van der Waals surface area contributed by atoms with E-state index in [1.165, 1.54) is 12.0 Å². The first kappa shape index (κ1) is 17.4. The standard InChI is InChI=1S/C19H19FN4O3/c1-26-15-7-3-2-5-12(15)19(25)24-9-13(20)16(10-24)27-11-17-22-14-6-4-8-21-18(14)23-17/h2-8,13,16H,9-11H2,1H3,(H,21,22,23)/t13-,16+/m1/s1. The molecule has 8 heteroatoms. The summed E-state index contributed by atoms with van der Waals surface area (Å²) in [6.45, 7) is 0.290. The Bertz CT molecular complexity index is 928. The highest BCUT2D eigenvalue weighted by atomic mass is 19.1. The smallest absolute Gasteiger partial charge is 0.257 e. The number of pyridine rings is 1. The molecule has 0 bridgehead atoms. The van der Waals surface area contributed by atoms with Crippen LogP contribution >= 0.6 is 0 Å². The van der Waals surface area contributed by atoms with Crippen LogP contribution in [-0.4, -0.2) is 58.2 Å². The number of likely N-dealkylation sites (tertiary alicyclic amines) is 1. The summed E-state index contributed by atoms with van der Waals surface area (Å²) in [5.74, 6) is 0.775. The Kier molecular flexibility index (Phi) is 4.72. The van der Waals surface area contributed by atoms with Crippen molar-refractivity contribution >= 4 is 17.1 Å². The van der Waals surface area contributed by atoms with Crippen LogP contribution in [0.3, 0.4) is 0 Å². The number of aromatic amines is 1. The minimum atomic E-state index is -1.26. The number of methoxy groups -OCH3 is 1. The molecule has 0 radical (unpaired) electrons. The van der Waals surface area contributed by atoms with Crippen LogP contribution in [-0.2, 0) is 11.3 Å². The van der Waals surface area contributed by atoms with Gasteiger partial charge in [0.2, 0.25) is 0 Å². The lowest BCUT2D eigenvalue weighted by Crippen LogP contribution is -2.30. The number of fused-ring (bicyclic) bond motifs is 1. The highest BCUT2D eigenvalue weighted by Crippen LogP contribution is 2.24. The van der Waals surface area contributed by atoms with Crippen molar-refractivity contribution in [1.82, 2.24) is 19.9 Å². The second kappa shape index (κ2) is 7.32. The Balaban J connectivity index is 1.41. The zero-order chi connectivity index (χ0) is 18.8. The Morgan fingerprint density at radius 2 is 2.15 bits per heavy atom. The maximum atomic E-state index is 14.4. The number of halogens is 1. The molecule has 1 amide bonds. The molecule has 1 aromatic carbocycles. The normalized spacial score (nSPS) is 19.6. The van der Waals surface area contributed by atoms with Gasteiger partial charge in [0.15, 0.2) is 5.65 Å². The summed E-state index contributed by atoms with van der Waals surface area (Å²) in [6, 6.07) is 10.6. The minimum absolute atomic E-state index is 0.0107.